The average molecular weight is 408 g/mol. The van der Waals surface area contributed by atoms with Crippen molar-refractivity contribution in [2.24, 2.45) is 0 Å². The summed E-state index contributed by atoms with van der Waals surface area (Å²) in [6, 6.07) is 18.6. The van der Waals surface area contributed by atoms with Gasteiger partial charge >= 0.3 is 0 Å². The summed E-state index contributed by atoms with van der Waals surface area (Å²) in [7, 11) is 0. The van der Waals surface area contributed by atoms with Crippen molar-refractivity contribution in [3.05, 3.63) is 98.9 Å². The fraction of sp³-hybridized carbons (Fsp3) is 0.0476. The van der Waals surface area contributed by atoms with Gasteiger partial charge in [0.2, 0.25) is 0 Å². The van der Waals surface area contributed by atoms with Crippen molar-refractivity contribution in [1.82, 2.24) is 4.98 Å². The second kappa shape index (κ2) is 7.73. The third kappa shape index (κ3) is 4.09. The summed E-state index contributed by atoms with van der Waals surface area (Å²) >= 11 is 6.03. The monoisotopic (exact) mass is 407 g/mol. The first-order chi connectivity index (χ1) is 14.0. The number of nitrogens with one attached hydrogen (secondary N) is 1. The molecule has 0 bridgehead atoms. The van der Waals surface area contributed by atoms with Crippen LogP contribution in [0.25, 0.3) is 11.1 Å². The van der Waals surface area contributed by atoms with Gasteiger partial charge in [0, 0.05) is 24.2 Å². The van der Waals surface area contributed by atoms with Crippen molar-refractivity contribution < 1.29 is 14.1 Å². The molecule has 144 valence electrons. The molecule has 8 heteroatoms. The van der Waals surface area contributed by atoms with Crippen LogP contribution in [-0.2, 0) is 6.42 Å². The van der Waals surface area contributed by atoms with Crippen molar-refractivity contribution in [3.8, 4) is 0 Å². The summed E-state index contributed by atoms with van der Waals surface area (Å²) in [4.78, 5) is 27.4. The quantitative estimate of drug-likeness (QED) is 0.360. The molecule has 0 atom stereocenters. The predicted molar refractivity (Wildman–Crippen MR) is 109 cm³/mol. The van der Waals surface area contributed by atoms with Crippen molar-refractivity contribution in [2.45, 2.75) is 6.42 Å². The van der Waals surface area contributed by atoms with Crippen LogP contribution in [0.4, 0.5) is 11.4 Å². The van der Waals surface area contributed by atoms with E-state index in [0.717, 1.165) is 11.6 Å². The average Bonchev–Trinajstić information content (AvgIpc) is 3.10. The number of carbonyl (C=O) groups is 1. The Morgan fingerprint density at radius 1 is 1.10 bits per heavy atom. The number of nitro groups is 1. The molecule has 1 aromatic heterocycles. The molecule has 0 saturated carbocycles. The Labute approximate surface area is 170 Å². The van der Waals surface area contributed by atoms with Crippen molar-refractivity contribution in [2.75, 3.05) is 5.32 Å². The lowest BCUT2D eigenvalue weighted by Crippen LogP contribution is -2.12. The summed E-state index contributed by atoms with van der Waals surface area (Å²) in [6.45, 7) is 0. The van der Waals surface area contributed by atoms with Gasteiger partial charge in [0.05, 0.1) is 15.5 Å². The van der Waals surface area contributed by atoms with Gasteiger partial charge < -0.3 is 9.73 Å². The molecule has 0 spiro atoms. The lowest BCUT2D eigenvalue weighted by atomic mass is 10.1. The van der Waals surface area contributed by atoms with Crippen LogP contribution in [-0.4, -0.2) is 15.8 Å². The molecule has 29 heavy (non-hydrogen) atoms. The van der Waals surface area contributed by atoms with Crippen molar-refractivity contribution >= 4 is 40.0 Å². The van der Waals surface area contributed by atoms with Crippen molar-refractivity contribution in [3.63, 3.8) is 0 Å². The largest absolute Gasteiger partial charge is 0.440 e. The van der Waals surface area contributed by atoms with E-state index >= 15 is 0 Å². The van der Waals surface area contributed by atoms with Gasteiger partial charge in [0.25, 0.3) is 11.6 Å². The van der Waals surface area contributed by atoms with Crippen LogP contribution < -0.4 is 5.32 Å². The zero-order chi connectivity index (χ0) is 20.4. The second-order valence-corrected chi connectivity index (χ2v) is 6.74. The van der Waals surface area contributed by atoms with Gasteiger partial charge in [-0.3, -0.25) is 14.9 Å². The van der Waals surface area contributed by atoms with E-state index in [2.05, 4.69) is 10.3 Å². The molecule has 0 aliphatic heterocycles. The molecule has 1 N–H and O–H groups in total. The molecule has 0 aliphatic rings. The number of nitro benzene ring substituents is 1. The zero-order valence-corrected chi connectivity index (χ0v) is 15.7. The van der Waals surface area contributed by atoms with E-state index in [1.54, 1.807) is 18.2 Å². The van der Waals surface area contributed by atoms with E-state index in [-0.39, 0.29) is 16.3 Å². The van der Waals surface area contributed by atoms with Crippen LogP contribution in [0.2, 0.25) is 5.02 Å². The van der Waals surface area contributed by atoms with Crippen LogP contribution in [0.3, 0.4) is 0 Å². The number of carbonyl (C=O) groups excluding carboxylic acids is 1. The summed E-state index contributed by atoms with van der Waals surface area (Å²) < 4.78 is 5.76. The number of nitrogens with zero attached hydrogens (tertiary/aromatic N) is 2. The Bertz CT molecular complexity index is 1220. The van der Waals surface area contributed by atoms with Gasteiger partial charge in [0.15, 0.2) is 11.5 Å². The number of halogens is 1. The maximum Gasteiger partial charge on any atom is 0.270 e. The zero-order valence-electron chi connectivity index (χ0n) is 15.0. The van der Waals surface area contributed by atoms with Gasteiger partial charge in [-0.25, -0.2) is 4.98 Å². The molecule has 1 heterocycles. The first-order valence-corrected chi connectivity index (χ1v) is 9.06. The van der Waals surface area contributed by atoms with Crippen molar-refractivity contribution in [1.29, 1.82) is 0 Å². The highest BCUT2D eigenvalue weighted by Gasteiger charge is 2.16. The lowest BCUT2D eigenvalue weighted by Gasteiger charge is -2.06. The molecule has 1 amide bonds. The van der Waals surface area contributed by atoms with Gasteiger partial charge in [-0.15, -0.1) is 0 Å². The summed E-state index contributed by atoms with van der Waals surface area (Å²) in [6.07, 6.45) is 0.556. The number of non-ortho nitro benzene ring substituents is 1. The fourth-order valence-corrected chi connectivity index (χ4v) is 3.10. The van der Waals surface area contributed by atoms with E-state index in [4.69, 9.17) is 16.0 Å². The van der Waals surface area contributed by atoms with E-state index in [1.165, 1.54) is 12.1 Å². The van der Waals surface area contributed by atoms with Gasteiger partial charge in [0.1, 0.15) is 5.52 Å². The molecule has 4 rings (SSSR count). The molecular weight excluding hydrogens is 394 g/mol. The highest BCUT2D eigenvalue weighted by Crippen LogP contribution is 2.25. The number of anilines is 1. The molecule has 0 unspecified atom stereocenters. The van der Waals surface area contributed by atoms with Crippen LogP contribution in [0.5, 0.6) is 0 Å². The minimum atomic E-state index is -0.581. The van der Waals surface area contributed by atoms with Crippen LogP contribution in [0.15, 0.2) is 71.1 Å². The van der Waals surface area contributed by atoms with E-state index < -0.39 is 10.8 Å². The number of benzene rings is 3. The standard InChI is InChI=1S/C21H14ClN3O4/c22-17-8-7-15(25(27)28)12-16(17)21(26)23-14-6-9-19-18(11-14)24-20(29-19)10-13-4-2-1-3-5-13/h1-9,11-12H,10H2,(H,23,26). The Balaban J connectivity index is 1.56. The maximum atomic E-state index is 12.5. The Morgan fingerprint density at radius 3 is 2.66 bits per heavy atom. The molecule has 0 aliphatic carbocycles. The number of aromatic nitrogens is 1. The topological polar surface area (TPSA) is 98.3 Å². The van der Waals surface area contributed by atoms with Gasteiger partial charge in [-0.1, -0.05) is 41.9 Å². The number of oxazole rings is 1. The SMILES string of the molecule is O=C(Nc1ccc2oc(Cc3ccccc3)nc2c1)c1cc([N+](=O)[O-])ccc1Cl. The van der Waals surface area contributed by atoms with E-state index in [9.17, 15) is 14.9 Å². The molecule has 0 saturated heterocycles. The number of hydrogen-bond acceptors (Lipinski definition) is 5. The molecule has 3 aromatic carbocycles. The molecule has 0 fully saturated rings. The fourth-order valence-electron chi connectivity index (χ4n) is 2.90. The van der Waals surface area contributed by atoms with E-state index in [0.29, 0.717) is 29.1 Å². The maximum absolute atomic E-state index is 12.5. The summed E-state index contributed by atoms with van der Waals surface area (Å²) in [5, 5.41) is 13.8. The molecule has 4 aromatic rings. The van der Waals surface area contributed by atoms with Crippen LogP contribution in [0, 0.1) is 10.1 Å². The minimum absolute atomic E-state index is 0.0193. The first-order valence-electron chi connectivity index (χ1n) is 8.68. The first kappa shape index (κ1) is 18.6. The van der Waals surface area contributed by atoms with Gasteiger partial charge in [-0.05, 0) is 29.8 Å². The normalized spacial score (nSPS) is 10.8. The number of rotatable bonds is 5. The number of amides is 1. The van der Waals surface area contributed by atoms with Crippen LogP contribution in [0.1, 0.15) is 21.8 Å². The Hall–Kier alpha value is -3.71. The Kier molecular flexibility index (Phi) is 4.97. The third-order valence-electron chi connectivity index (χ3n) is 4.29. The minimum Gasteiger partial charge on any atom is -0.440 e. The summed E-state index contributed by atoms with van der Waals surface area (Å²) in [5.41, 5.74) is 2.56. The van der Waals surface area contributed by atoms with Gasteiger partial charge in [-0.2, -0.15) is 0 Å². The second-order valence-electron chi connectivity index (χ2n) is 6.33. The third-order valence-corrected chi connectivity index (χ3v) is 4.62. The molecule has 0 radical (unpaired) electrons. The number of hydrogen-bond donors (Lipinski definition) is 1. The highest BCUT2D eigenvalue weighted by molar-refractivity contribution is 6.34. The summed E-state index contributed by atoms with van der Waals surface area (Å²) in [5.74, 6) is 0.0162. The predicted octanol–water partition coefficient (Wildman–Crippen LogP) is 5.23. The lowest BCUT2D eigenvalue weighted by molar-refractivity contribution is -0.384. The smallest absolute Gasteiger partial charge is 0.270 e. The van der Waals surface area contributed by atoms with Crippen LogP contribution >= 0.6 is 11.6 Å². The Morgan fingerprint density at radius 2 is 1.90 bits per heavy atom. The molecular formula is C21H14ClN3O4. The number of fused-ring (bicyclic) bond motifs is 1. The molecule has 7 nitrogen and oxygen atoms in total. The van der Waals surface area contributed by atoms with E-state index in [1.807, 2.05) is 30.3 Å². The highest BCUT2D eigenvalue weighted by atomic mass is 35.5.